The number of nitrogens with one attached hydrogen (secondary N) is 1. The van der Waals surface area contributed by atoms with Crippen LogP contribution in [0.5, 0.6) is 0 Å². The van der Waals surface area contributed by atoms with Crippen LogP contribution in [0.2, 0.25) is 0 Å². The van der Waals surface area contributed by atoms with E-state index in [1.54, 1.807) is 12.1 Å². The van der Waals surface area contributed by atoms with Crippen molar-refractivity contribution >= 4 is 17.3 Å². The number of amides is 1. The van der Waals surface area contributed by atoms with Gasteiger partial charge in [0, 0.05) is 6.54 Å². The van der Waals surface area contributed by atoms with Crippen LogP contribution in [-0.2, 0) is 6.54 Å². The maximum absolute atomic E-state index is 13.1. The molecule has 0 aromatic heterocycles. The van der Waals surface area contributed by atoms with E-state index in [4.69, 9.17) is 11.5 Å². The van der Waals surface area contributed by atoms with E-state index < -0.39 is 17.5 Å². The van der Waals surface area contributed by atoms with E-state index in [0.29, 0.717) is 16.9 Å². The molecule has 0 radical (unpaired) electrons. The van der Waals surface area contributed by atoms with Crippen LogP contribution in [0, 0.1) is 11.6 Å². The molecule has 2 aromatic rings. The zero-order chi connectivity index (χ0) is 14.7. The molecular weight excluding hydrogens is 264 g/mol. The molecule has 0 aliphatic carbocycles. The Kier molecular flexibility index (Phi) is 3.84. The van der Waals surface area contributed by atoms with Gasteiger partial charge in [-0.15, -0.1) is 0 Å². The van der Waals surface area contributed by atoms with E-state index in [2.05, 4.69) is 5.32 Å². The predicted octanol–water partition coefficient (Wildman–Crippen LogP) is 2.26. The number of para-hydroxylation sites is 1. The lowest BCUT2D eigenvalue weighted by Gasteiger charge is -2.13. The van der Waals surface area contributed by atoms with E-state index in [1.807, 2.05) is 0 Å². The fourth-order valence-electron chi connectivity index (χ4n) is 1.81. The van der Waals surface area contributed by atoms with Crippen LogP contribution in [0.3, 0.4) is 0 Å². The van der Waals surface area contributed by atoms with Crippen LogP contribution in [0.15, 0.2) is 36.4 Å². The van der Waals surface area contributed by atoms with Crippen molar-refractivity contribution in [2.24, 2.45) is 5.73 Å². The number of primary amides is 1. The summed E-state index contributed by atoms with van der Waals surface area (Å²) in [6.07, 6.45) is 0. The number of nitrogen functional groups attached to an aromatic ring is 1. The van der Waals surface area contributed by atoms with Crippen molar-refractivity contribution in [1.29, 1.82) is 0 Å². The van der Waals surface area contributed by atoms with Gasteiger partial charge in [0.1, 0.15) is 0 Å². The molecule has 104 valence electrons. The molecule has 2 aromatic carbocycles. The molecule has 20 heavy (non-hydrogen) atoms. The van der Waals surface area contributed by atoms with Gasteiger partial charge in [0.05, 0.1) is 16.9 Å². The highest BCUT2D eigenvalue weighted by molar-refractivity contribution is 6.01. The number of carbonyl (C=O) groups is 1. The topological polar surface area (TPSA) is 81.1 Å². The Labute approximate surface area is 114 Å². The summed E-state index contributed by atoms with van der Waals surface area (Å²) >= 11 is 0. The van der Waals surface area contributed by atoms with Gasteiger partial charge in [-0.3, -0.25) is 4.79 Å². The number of halogens is 2. The molecule has 0 saturated heterocycles. The van der Waals surface area contributed by atoms with Gasteiger partial charge in [0.25, 0.3) is 5.91 Å². The zero-order valence-corrected chi connectivity index (χ0v) is 10.5. The van der Waals surface area contributed by atoms with Crippen LogP contribution < -0.4 is 16.8 Å². The summed E-state index contributed by atoms with van der Waals surface area (Å²) in [7, 11) is 0. The average molecular weight is 277 g/mol. The van der Waals surface area contributed by atoms with E-state index in [9.17, 15) is 13.6 Å². The Balaban J connectivity index is 2.22. The molecule has 2 rings (SSSR count). The third-order valence-corrected chi connectivity index (χ3v) is 2.82. The van der Waals surface area contributed by atoms with Crippen LogP contribution >= 0.6 is 0 Å². The van der Waals surface area contributed by atoms with E-state index in [0.717, 1.165) is 12.1 Å². The first-order valence-corrected chi connectivity index (χ1v) is 5.85. The molecule has 0 fully saturated rings. The molecule has 1 amide bonds. The minimum Gasteiger partial charge on any atom is -0.397 e. The predicted molar refractivity (Wildman–Crippen MR) is 73.1 cm³/mol. The molecule has 0 atom stereocenters. The Morgan fingerprint density at radius 1 is 1.15 bits per heavy atom. The first-order valence-electron chi connectivity index (χ1n) is 5.85. The Morgan fingerprint density at radius 3 is 2.55 bits per heavy atom. The number of hydrogen-bond donors (Lipinski definition) is 3. The first-order chi connectivity index (χ1) is 9.49. The van der Waals surface area contributed by atoms with E-state index in [-0.39, 0.29) is 12.1 Å². The first kappa shape index (κ1) is 13.8. The normalized spacial score (nSPS) is 10.3. The van der Waals surface area contributed by atoms with Crippen LogP contribution in [0.4, 0.5) is 20.2 Å². The quantitative estimate of drug-likeness (QED) is 0.750. The lowest BCUT2D eigenvalue weighted by atomic mass is 10.1. The van der Waals surface area contributed by atoms with Gasteiger partial charge < -0.3 is 16.8 Å². The lowest BCUT2D eigenvalue weighted by Crippen LogP contribution is -2.15. The monoisotopic (exact) mass is 277 g/mol. The maximum atomic E-state index is 13.1. The van der Waals surface area contributed by atoms with Crippen molar-refractivity contribution in [2.75, 3.05) is 11.1 Å². The van der Waals surface area contributed by atoms with Gasteiger partial charge in [-0.2, -0.15) is 0 Å². The van der Waals surface area contributed by atoms with Crippen molar-refractivity contribution in [3.05, 3.63) is 59.2 Å². The zero-order valence-electron chi connectivity index (χ0n) is 10.5. The number of benzene rings is 2. The highest BCUT2D eigenvalue weighted by Crippen LogP contribution is 2.24. The molecule has 4 nitrogen and oxygen atoms in total. The van der Waals surface area contributed by atoms with Gasteiger partial charge in [0.2, 0.25) is 0 Å². The van der Waals surface area contributed by atoms with Crippen molar-refractivity contribution in [3.63, 3.8) is 0 Å². The van der Waals surface area contributed by atoms with Crippen molar-refractivity contribution in [3.8, 4) is 0 Å². The number of anilines is 2. The second-order valence-corrected chi connectivity index (χ2v) is 4.24. The van der Waals surface area contributed by atoms with Gasteiger partial charge in [-0.1, -0.05) is 12.1 Å². The summed E-state index contributed by atoms with van der Waals surface area (Å²) in [6.45, 7) is 0.186. The molecule has 0 heterocycles. The summed E-state index contributed by atoms with van der Waals surface area (Å²) < 4.78 is 25.9. The highest BCUT2D eigenvalue weighted by Gasteiger charge is 2.11. The average Bonchev–Trinajstić information content (AvgIpc) is 2.40. The van der Waals surface area contributed by atoms with Crippen molar-refractivity contribution < 1.29 is 13.6 Å². The minimum absolute atomic E-state index is 0.186. The molecular formula is C14H13F2N3O. The standard InChI is InChI=1S/C14H13F2N3O/c15-10-5-4-8(6-11(10)16)7-19-13-9(14(18)20)2-1-3-12(13)17/h1-6,19H,7,17H2,(H2,18,20). The number of nitrogens with two attached hydrogens (primary N) is 2. The summed E-state index contributed by atoms with van der Waals surface area (Å²) in [4.78, 5) is 11.3. The third-order valence-electron chi connectivity index (χ3n) is 2.82. The smallest absolute Gasteiger partial charge is 0.250 e. The molecule has 0 spiro atoms. The Bertz CT molecular complexity index is 659. The minimum atomic E-state index is -0.930. The summed E-state index contributed by atoms with van der Waals surface area (Å²) in [6, 6.07) is 8.31. The lowest BCUT2D eigenvalue weighted by molar-refractivity contribution is 0.100. The van der Waals surface area contributed by atoms with E-state index >= 15 is 0 Å². The van der Waals surface area contributed by atoms with Gasteiger partial charge >= 0.3 is 0 Å². The Morgan fingerprint density at radius 2 is 1.90 bits per heavy atom. The largest absolute Gasteiger partial charge is 0.397 e. The SMILES string of the molecule is NC(=O)c1cccc(N)c1NCc1ccc(F)c(F)c1. The second kappa shape index (κ2) is 5.56. The van der Waals surface area contributed by atoms with Gasteiger partial charge in [-0.05, 0) is 29.8 Å². The summed E-state index contributed by atoms with van der Waals surface area (Å²) in [5, 5.41) is 2.91. The second-order valence-electron chi connectivity index (χ2n) is 4.24. The van der Waals surface area contributed by atoms with Crippen molar-refractivity contribution in [1.82, 2.24) is 0 Å². The molecule has 6 heteroatoms. The van der Waals surface area contributed by atoms with Crippen LogP contribution in [0.25, 0.3) is 0 Å². The van der Waals surface area contributed by atoms with Crippen LogP contribution in [-0.4, -0.2) is 5.91 Å². The maximum Gasteiger partial charge on any atom is 0.250 e. The number of rotatable bonds is 4. The highest BCUT2D eigenvalue weighted by atomic mass is 19.2. The fourth-order valence-corrected chi connectivity index (χ4v) is 1.81. The Hall–Kier alpha value is -2.63. The summed E-state index contributed by atoms with van der Waals surface area (Å²) in [5.74, 6) is -2.46. The number of carbonyl (C=O) groups excluding carboxylic acids is 1. The molecule has 0 bridgehead atoms. The molecule has 0 aliphatic rings. The van der Waals surface area contributed by atoms with Crippen molar-refractivity contribution in [2.45, 2.75) is 6.54 Å². The summed E-state index contributed by atoms with van der Waals surface area (Å²) in [5.41, 5.74) is 12.5. The molecule has 0 aliphatic heterocycles. The fraction of sp³-hybridized carbons (Fsp3) is 0.0714. The molecule has 0 saturated carbocycles. The third kappa shape index (κ3) is 2.85. The van der Waals surface area contributed by atoms with Gasteiger partial charge in [0.15, 0.2) is 11.6 Å². The molecule has 0 unspecified atom stereocenters. The number of hydrogen-bond acceptors (Lipinski definition) is 3. The van der Waals surface area contributed by atoms with Crippen LogP contribution in [0.1, 0.15) is 15.9 Å². The van der Waals surface area contributed by atoms with Gasteiger partial charge in [-0.25, -0.2) is 8.78 Å². The van der Waals surface area contributed by atoms with E-state index in [1.165, 1.54) is 12.1 Å². The molecule has 5 N–H and O–H groups in total.